The van der Waals surface area contributed by atoms with Gasteiger partial charge in [0.15, 0.2) is 5.78 Å². The average molecular weight is 288 g/mol. The summed E-state index contributed by atoms with van der Waals surface area (Å²) in [5, 5.41) is 0.876. The number of aryl methyl sites for hydroxylation is 1. The number of rotatable bonds is 3. The summed E-state index contributed by atoms with van der Waals surface area (Å²) in [7, 11) is 0. The molecule has 0 saturated heterocycles. The molecule has 0 unspecified atom stereocenters. The van der Waals surface area contributed by atoms with Crippen molar-refractivity contribution in [3.05, 3.63) is 39.7 Å². The highest BCUT2D eigenvalue weighted by atomic mass is 16.5. The number of carbonyl (C=O) groups excluding carboxylic acids is 1. The Kier molecular flexibility index (Phi) is 3.90. The summed E-state index contributed by atoms with van der Waals surface area (Å²) in [6, 6.07) is 5.28. The Morgan fingerprint density at radius 2 is 1.86 bits per heavy atom. The minimum Gasteiger partial charge on any atom is -0.486 e. The van der Waals surface area contributed by atoms with Gasteiger partial charge < -0.3 is 9.15 Å². The first-order valence-electron chi connectivity index (χ1n) is 6.90. The van der Waals surface area contributed by atoms with Gasteiger partial charge in [-0.05, 0) is 31.5 Å². The van der Waals surface area contributed by atoms with Crippen LogP contribution in [0.25, 0.3) is 11.0 Å². The number of Topliss-reactive ketones (excluding diaryl/α,β-unsaturated/α-hetero) is 1. The maximum absolute atomic E-state index is 11.9. The molecule has 0 aliphatic carbocycles. The third-order valence-corrected chi connectivity index (χ3v) is 3.63. The van der Waals surface area contributed by atoms with Gasteiger partial charge in [0.05, 0.1) is 0 Å². The van der Waals surface area contributed by atoms with Gasteiger partial charge in [0.2, 0.25) is 0 Å². The van der Waals surface area contributed by atoms with Crippen LogP contribution >= 0.6 is 0 Å². The second-order valence-electron chi connectivity index (χ2n) is 6.26. The van der Waals surface area contributed by atoms with Gasteiger partial charge >= 0.3 is 5.63 Å². The highest BCUT2D eigenvalue weighted by Gasteiger charge is 2.21. The van der Waals surface area contributed by atoms with Crippen LogP contribution in [0.4, 0.5) is 0 Å². The van der Waals surface area contributed by atoms with Gasteiger partial charge in [-0.25, -0.2) is 4.79 Å². The zero-order valence-electron chi connectivity index (χ0n) is 13.1. The quantitative estimate of drug-likeness (QED) is 0.812. The van der Waals surface area contributed by atoms with Crippen LogP contribution in [-0.4, -0.2) is 12.4 Å². The van der Waals surface area contributed by atoms with E-state index in [2.05, 4.69) is 0 Å². The van der Waals surface area contributed by atoms with E-state index in [0.717, 1.165) is 10.9 Å². The molecule has 0 spiro atoms. The Morgan fingerprint density at radius 1 is 1.19 bits per heavy atom. The molecule has 0 N–H and O–H groups in total. The average Bonchev–Trinajstić information content (AvgIpc) is 2.41. The van der Waals surface area contributed by atoms with Gasteiger partial charge in [0.1, 0.15) is 17.9 Å². The van der Waals surface area contributed by atoms with E-state index < -0.39 is 5.41 Å². The monoisotopic (exact) mass is 288 g/mol. The van der Waals surface area contributed by atoms with E-state index in [1.54, 1.807) is 19.1 Å². The van der Waals surface area contributed by atoms with E-state index in [-0.39, 0.29) is 18.0 Å². The van der Waals surface area contributed by atoms with E-state index in [4.69, 9.17) is 9.15 Å². The molecule has 0 fully saturated rings. The van der Waals surface area contributed by atoms with Gasteiger partial charge in [-0.3, -0.25) is 4.79 Å². The predicted molar refractivity (Wildman–Crippen MR) is 81.9 cm³/mol. The highest BCUT2D eigenvalue weighted by molar-refractivity contribution is 5.85. The van der Waals surface area contributed by atoms with Crippen molar-refractivity contribution in [3.8, 4) is 5.75 Å². The summed E-state index contributed by atoms with van der Waals surface area (Å²) in [6.07, 6.45) is 0. The first-order valence-corrected chi connectivity index (χ1v) is 6.90. The van der Waals surface area contributed by atoms with Gasteiger partial charge in [0.25, 0.3) is 0 Å². The molecule has 2 rings (SSSR count). The topological polar surface area (TPSA) is 56.5 Å². The Morgan fingerprint density at radius 3 is 2.48 bits per heavy atom. The highest BCUT2D eigenvalue weighted by Crippen LogP contribution is 2.24. The zero-order chi connectivity index (χ0) is 15.8. The molecule has 1 aromatic heterocycles. The fourth-order valence-corrected chi connectivity index (χ4v) is 1.88. The van der Waals surface area contributed by atoms with Crippen molar-refractivity contribution in [2.75, 3.05) is 6.61 Å². The van der Waals surface area contributed by atoms with Crippen molar-refractivity contribution < 1.29 is 13.9 Å². The van der Waals surface area contributed by atoms with Crippen LogP contribution in [0.3, 0.4) is 0 Å². The van der Waals surface area contributed by atoms with Crippen LogP contribution in [-0.2, 0) is 4.79 Å². The first kappa shape index (κ1) is 15.3. The van der Waals surface area contributed by atoms with Crippen LogP contribution < -0.4 is 10.4 Å². The lowest BCUT2D eigenvalue weighted by Gasteiger charge is -2.16. The molecule has 112 valence electrons. The summed E-state index contributed by atoms with van der Waals surface area (Å²) < 4.78 is 10.8. The Bertz CT molecular complexity index is 748. The second-order valence-corrected chi connectivity index (χ2v) is 6.26. The molecule has 0 atom stereocenters. The molecule has 1 aromatic carbocycles. The molecule has 0 saturated carbocycles. The van der Waals surface area contributed by atoms with Crippen molar-refractivity contribution in [2.24, 2.45) is 5.41 Å². The van der Waals surface area contributed by atoms with Crippen molar-refractivity contribution in [1.82, 2.24) is 0 Å². The second kappa shape index (κ2) is 5.35. The van der Waals surface area contributed by atoms with Gasteiger partial charge in [-0.1, -0.05) is 20.8 Å². The van der Waals surface area contributed by atoms with E-state index in [0.29, 0.717) is 16.9 Å². The van der Waals surface area contributed by atoms with Crippen LogP contribution in [0.5, 0.6) is 5.75 Å². The van der Waals surface area contributed by atoms with E-state index in [1.165, 1.54) is 0 Å². The van der Waals surface area contributed by atoms with Crippen molar-refractivity contribution in [1.29, 1.82) is 0 Å². The first-order chi connectivity index (χ1) is 9.70. The maximum Gasteiger partial charge on any atom is 0.339 e. The standard InChI is InChI=1S/C17H20O4/c1-10-11(2)16(19)21-14-8-12(6-7-13(10)14)20-9-15(18)17(3,4)5/h6-8H,9H2,1-5H3. The summed E-state index contributed by atoms with van der Waals surface area (Å²) in [4.78, 5) is 23.6. The van der Waals surface area contributed by atoms with Crippen molar-refractivity contribution in [3.63, 3.8) is 0 Å². The minimum absolute atomic E-state index is 0.00405. The van der Waals surface area contributed by atoms with Gasteiger partial charge in [-0.2, -0.15) is 0 Å². The maximum atomic E-state index is 11.9. The summed E-state index contributed by atoms with van der Waals surface area (Å²) in [5.41, 5.74) is 1.21. The lowest BCUT2D eigenvalue weighted by molar-refractivity contribution is -0.128. The fraction of sp³-hybridized carbons (Fsp3) is 0.412. The van der Waals surface area contributed by atoms with Gasteiger partial charge in [0, 0.05) is 22.4 Å². The van der Waals surface area contributed by atoms with E-state index in [9.17, 15) is 9.59 Å². The Hall–Kier alpha value is -2.10. The van der Waals surface area contributed by atoms with Crippen LogP contribution in [0.1, 0.15) is 31.9 Å². The summed E-state index contributed by atoms with van der Waals surface area (Å²) in [5.74, 6) is 0.538. The largest absolute Gasteiger partial charge is 0.486 e. The molecule has 0 amide bonds. The molecular weight excluding hydrogens is 268 g/mol. The number of hydrogen-bond acceptors (Lipinski definition) is 4. The smallest absolute Gasteiger partial charge is 0.339 e. The number of carbonyl (C=O) groups is 1. The molecule has 0 aliphatic heterocycles. The summed E-state index contributed by atoms with van der Waals surface area (Å²) in [6.45, 7) is 9.19. The number of benzene rings is 1. The molecule has 1 heterocycles. The Balaban J connectivity index is 2.30. The molecule has 0 aliphatic rings. The van der Waals surface area contributed by atoms with Crippen molar-refractivity contribution >= 4 is 16.8 Å². The third-order valence-electron chi connectivity index (χ3n) is 3.63. The fourth-order valence-electron chi connectivity index (χ4n) is 1.88. The van der Waals surface area contributed by atoms with Crippen molar-refractivity contribution in [2.45, 2.75) is 34.6 Å². The molecule has 4 nitrogen and oxygen atoms in total. The molecule has 2 aromatic rings. The minimum atomic E-state index is -0.433. The van der Waals surface area contributed by atoms with Crippen LogP contribution in [0, 0.1) is 19.3 Å². The number of ketones is 1. The number of ether oxygens (including phenoxy) is 1. The number of hydrogen-bond donors (Lipinski definition) is 0. The number of fused-ring (bicyclic) bond motifs is 1. The Labute approximate surface area is 123 Å². The van der Waals surface area contributed by atoms with Crippen LogP contribution in [0.2, 0.25) is 0 Å². The van der Waals surface area contributed by atoms with Gasteiger partial charge in [-0.15, -0.1) is 0 Å². The van der Waals surface area contributed by atoms with Crippen LogP contribution in [0.15, 0.2) is 27.4 Å². The van der Waals surface area contributed by atoms with E-state index >= 15 is 0 Å². The molecule has 4 heteroatoms. The molecule has 0 radical (unpaired) electrons. The SMILES string of the molecule is Cc1c(C)c2ccc(OCC(=O)C(C)(C)C)cc2oc1=O. The molecular formula is C17H20O4. The van der Waals surface area contributed by atoms with E-state index in [1.807, 2.05) is 33.8 Å². The molecule has 21 heavy (non-hydrogen) atoms. The lowest BCUT2D eigenvalue weighted by atomic mass is 9.91. The molecule has 0 bridgehead atoms. The lowest BCUT2D eigenvalue weighted by Crippen LogP contribution is -2.26. The zero-order valence-corrected chi connectivity index (χ0v) is 13.1. The predicted octanol–water partition coefficient (Wildman–Crippen LogP) is 3.40. The third kappa shape index (κ3) is 3.15. The summed E-state index contributed by atoms with van der Waals surface area (Å²) >= 11 is 0. The normalized spacial score (nSPS) is 11.7.